The van der Waals surface area contributed by atoms with E-state index in [1.807, 2.05) is 41.3 Å². The molecule has 2 amide bonds. The maximum absolute atomic E-state index is 13.5. The first kappa shape index (κ1) is 18.2. The van der Waals surface area contributed by atoms with Gasteiger partial charge in [0.1, 0.15) is 5.75 Å². The third kappa shape index (κ3) is 3.39. The summed E-state index contributed by atoms with van der Waals surface area (Å²) in [6.45, 7) is 1.81. The Labute approximate surface area is 171 Å². The molecule has 3 aliphatic rings. The lowest BCUT2D eigenvalue weighted by Gasteiger charge is -2.37. The van der Waals surface area contributed by atoms with Crippen LogP contribution in [0.4, 0.5) is 5.69 Å². The van der Waals surface area contributed by atoms with Gasteiger partial charge in [0.2, 0.25) is 0 Å². The van der Waals surface area contributed by atoms with Gasteiger partial charge in [0.05, 0.1) is 12.2 Å². The number of carbonyl (C=O) groups excluding carboxylic acids is 2. The Morgan fingerprint density at radius 3 is 2.55 bits per heavy atom. The minimum Gasteiger partial charge on any atom is -0.476 e. The van der Waals surface area contributed by atoms with Crippen LogP contribution >= 0.6 is 0 Å². The van der Waals surface area contributed by atoms with E-state index in [-0.39, 0.29) is 18.4 Å². The van der Waals surface area contributed by atoms with Crippen LogP contribution in [0.2, 0.25) is 0 Å². The molecule has 1 fully saturated rings. The van der Waals surface area contributed by atoms with Gasteiger partial charge in [-0.1, -0.05) is 18.2 Å². The highest BCUT2D eigenvalue weighted by Crippen LogP contribution is 2.35. The van der Waals surface area contributed by atoms with Crippen molar-refractivity contribution in [2.24, 2.45) is 0 Å². The SMILES string of the molecule is O=C(C1CN(C(=O)c2ccc3c(c2)CCC3)c2ccccc2O1)N1CCCCC1. The summed E-state index contributed by atoms with van der Waals surface area (Å²) in [5.74, 6) is 0.529. The highest BCUT2D eigenvalue weighted by atomic mass is 16.5. The fourth-order valence-electron chi connectivity index (χ4n) is 4.73. The molecule has 0 spiro atoms. The van der Waals surface area contributed by atoms with E-state index >= 15 is 0 Å². The summed E-state index contributed by atoms with van der Waals surface area (Å²) in [6, 6.07) is 13.5. The maximum atomic E-state index is 13.5. The Morgan fingerprint density at radius 2 is 1.69 bits per heavy atom. The minimum absolute atomic E-state index is 0.00837. The van der Waals surface area contributed by atoms with Gasteiger partial charge >= 0.3 is 0 Å². The van der Waals surface area contributed by atoms with Crippen molar-refractivity contribution in [2.45, 2.75) is 44.6 Å². The van der Waals surface area contributed by atoms with Crippen LogP contribution in [-0.2, 0) is 17.6 Å². The topological polar surface area (TPSA) is 49.9 Å². The number of rotatable bonds is 2. The first-order chi connectivity index (χ1) is 14.2. The van der Waals surface area contributed by atoms with Gasteiger partial charge in [-0.2, -0.15) is 0 Å². The average molecular weight is 390 g/mol. The number of amides is 2. The Balaban J connectivity index is 1.44. The molecule has 2 aromatic carbocycles. The van der Waals surface area contributed by atoms with Gasteiger partial charge in [-0.15, -0.1) is 0 Å². The molecule has 0 N–H and O–H groups in total. The Hall–Kier alpha value is -2.82. The summed E-state index contributed by atoms with van der Waals surface area (Å²) >= 11 is 0. The van der Waals surface area contributed by atoms with E-state index in [1.54, 1.807) is 4.90 Å². The van der Waals surface area contributed by atoms with E-state index in [0.717, 1.165) is 50.9 Å². The summed E-state index contributed by atoms with van der Waals surface area (Å²) in [4.78, 5) is 30.1. The van der Waals surface area contributed by atoms with Gasteiger partial charge in [-0.25, -0.2) is 0 Å². The molecule has 1 unspecified atom stereocenters. The number of para-hydroxylation sites is 2. The highest BCUT2D eigenvalue weighted by Gasteiger charge is 2.36. The number of hydrogen-bond donors (Lipinski definition) is 0. The Bertz CT molecular complexity index is 949. The van der Waals surface area contributed by atoms with E-state index < -0.39 is 6.10 Å². The second-order valence-electron chi connectivity index (χ2n) is 8.21. The van der Waals surface area contributed by atoms with Crippen molar-refractivity contribution < 1.29 is 14.3 Å². The van der Waals surface area contributed by atoms with Crippen molar-refractivity contribution in [2.75, 3.05) is 24.5 Å². The van der Waals surface area contributed by atoms with E-state index in [1.165, 1.54) is 17.5 Å². The van der Waals surface area contributed by atoms with Crippen molar-refractivity contribution >= 4 is 17.5 Å². The van der Waals surface area contributed by atoms with Crippen molar-refractivity contribution in [3.63, 3.8) is 0 Å². The summed E-state index contributed by atoms with van der Waals surface area (Å²) in [7, 11) is 0. The summed E-state index contributed by atoms with van der Waals surface area (Å²) in [6.07, 6.45) is 5.87. The number of nitrogens with zero attached hydrogens (tertiary/aromatic N) is 2. The fraction of sp³-hybridized carbons (Fsp3) is 0.417. The molecule has 29 heavy (non-hydrogen) atoms. The number of hydrogen-bond acceptors (Lipinski definition) is 3. The van der Waals surface area contributed by atoms with Gasteiger partial charge in [-0.05, 0) is 73.9 Å². The lowest BCUT2D eigenvalue weighted by molar-refractivity contribution is -0.139. The molecule has 5 rings (SSSR count). The molecule has 0 saturated carbocycles. The zero-order valence-electron chi connectivity index (χ0n) is 16.6. The molecular formula is C24H26N2O3. The van der Waals surface area contributed by atoms with Crippen LogP contribution in [0.15, 0.2) is 42.5 Å². The second kappa shape index (κ2) is 7.54. The third-order valence-corrected chi connectivity index (χ3v) is 6.31. The lowest BCUT2D eigenvalue weighted by atomic mass is 10.0. The largest absolute Gasteiger partial charge is 0.476 e. The smallest absolute Gasteiger partial charge is 0.265 e. The first-order valence-electron chi connectivity index (χ1n) is 10.7. The number of likely N-dealkylation sites (tertiary alicyclic amines) is 1. The predicted octanol–water partition coefficient (Wildman–Crippen LogP) is 3.60. The molecule has 2 aromatic rings. The number of benzene rings is 2. The molecule has 0 aromatic heterocycles. The van der Waals surface area contributed by atoms with Gasteiger partial charge in [0.15, 0.2) is 6.10 Å². The molecular weight excluding hydrogens is 364 g/mol. The summed E-state index contributed by atoms with van der Waals surface area (Å²) in [5, 5.41) is 0. The standard InChI is InChI=1S/C24H26N2O3/c27-23(19-12-11-17-7-6-8-18(17)15-19)26-16-22(24(28)25-13-4-1-5-14-25)29-21-10-3-2-9-20(21)26/h2-3,9-12,15,22H,1,4-8,13-14,16H2. The monoisotopic (exact) mass is 390 g/mol. The zero-order valence-corrected chi connectivity index (χ0v) is 16.6. The van der Waals surface area contributed by atoms with Crippen LogP contribution in [0.1, 0.15) is 47.2 Å². The number of aryl methyl sites for hydroxylation is 2. The molecule has 5 heteroatoms. The molecule has 1 atom stereocenters. The van der Waals surface area contributed by atoms with Crippen LogP contribution < -0.4 is 9.64 Å². The van der Waals surface area contributed by atoms with Gasteiger partial charge < -0.3 is 14.5 Å². The van der Waals surface area contributed by atoms with Crippen LogP contribution in [0, 0.1) is 0 Å². The highest BCUT2D eigenvalue weighted by molar-refractivity contribution is 6.08. The van der Waals surface area contributed by atoms with Crippen LogP contribution in [0.3, 0.4) is 0 Å². The van der Waals surface area contributed by atoms with E-state index in [4.69, 9.17) is 4.74 Å². The molecule has 2 heterocycles. The molecule has 1 saturated heterocycles. The van der Waals surface area contributed by atoms with Crippen LogP contribution in [0.25, 0.3) is 0 Å². The van der Waals surface area contributed by atoms with Gasteiger partial charge in [0.25, 0.3) is 11.8 Å². The minimum atomic E-state index is -0.652. The Morgan fingerprint density at radius 1 is 0.897 bits per heavy atom. The predicted molar refractivity (Wildman–Crippen MR) is 111 cm³/mol. The Kier molecular flexibility index (Phi) is 4.74. The summed E-state index contributed by atoms with van der Waals surface area (Å²) in [5.41, 5.74) is 4.05. The number of fused-ring (bicyclic) bond motifs is 2. The van der Waals surface area contributed by atoms with E-state index in [0.29, 0.717) is 11.3 Å². The van der Waals surface area contributed by atoms with E-state index in [9.17, 15) is 9.59 Å². The fourth-order valence-corrected chi connectivity index (χ4v) is 4.73. The molecule has 150 valence electrons. The number of ether oxygens (including phenoxy) is 1. The van der Waals surface area contributed by atoms with Gasteiger partial charge in [0, 0.05) is 18.7 Å². The van der Waals surface area contributed by atoms with Crippen molar-refractivity contribution in [3.8, 4) is 5.75 Å². The maximum Gasteiger partial charge on any atom is 0.265 e. The van der Waals surface area contributed by atoms with Crippen molar-refractivity contribution in [3.05, 3.63) is 59.2 Å². The molecule has 0 bridgehead atoms. The van der Waals surface area contributed by atoms with Crippen molar-refractivity contribution in [1.29, 1.82) is 0 Å². The normalized spacial score (nSPS) is 20.6. The first-order valence-corrected chi connectivity index (χ1v) is 10.7. The molecule has 2 aliphatic heterocycles. The van der Waals surface area contributed by atoms with E-state index in [2.05, 4.69) is 6.07 Å². The number of piperidine rings is 1. The average Bonchev–Trinajstić information content (AvgIpc) is 3.26. The number of carbonyl (C=O) groups is 2. The molecule has 1 aliphatic carbocycles. The van der Waals surface area contributed by atoms with Gasteiger partial charge in [-0.3, -0.25) is 9.59 Å². The zero-order chi connectivity index (χ0) is 19.8. The van der Waals surface area contributed by atoms with Crippen molar-refractivity contribution in [1.82, 2.24) is 4.90 Å². The molecule has 5 nitrogen and oxygen atoms in total. The lowest BCUT2D eigenvalue weighted by Crippen LogP contribution is -2.52. The van der Waals surface area contributed by atoms with Crippen LogP contribution in [-0.4, -0.2) is 42.5 Å². The molecule has 0 radical (unpaired) electrons. The number of anilines is 1. The van der Waals surface area contributed by atoms with Crippen LogP contribution in [0.5, 0.6) is 5.75 Å². The third-order valence-electron chi connectivity index (χ3n) is 6.31. The second-order valence-corrected chi connectivity index (χ2v) is 8.21. The summed E-state index contributed by atoms with van der Waals surface area (Å²) < 4.78 is 6.05. The quantitative estimate of drug-likeness (QED) is 0.787.